The molecule has 276 valence electrons. The second-order valence-electron chi connectivity index (χ2n) is 13.1. The standard InChI is InChI=1S/C33H40FN5O5S2.C2H4O3/c1-20(2)30-36-25(18-45-30)31(42)39-13-14-44-33(19-39)8-11-38(12-9-33)17-21-3-5-24(34)22(15-21)7-10-35-16-27(41)23-4-6-26(40)28-29(23)46-32(43)37-28;3-1-2(4)5/h3-6,15,18,20,27,35,40-41H,7-14,16-17,19H2,1-2H3,(H,37,43);3H,1H2,(H,4,5)/t27-;/m0./s1. The Bertz CT molecular complexity index is 1870. The average Bonchev–Trinajstić information content (AvgIpc) is 3.77. The number of nitrogens with zero attached hydrogens (tertiary/aromatic N) is 3. The number of hydrogen-bond acceptors (Lipinski definition) is 12. The zero-order valence-corrected chi connectivity index (χ0v) is 30.2. The van der Waals surface area contributed by atoms with Gasteiger partial charge < -0.3 is 40.4 Å². The normalized spacial score (nSPS) is 16.7. The number of phenolic OH excluding ortho intramolecular Hbond substituents is 1. The summed E-state index contributed by atoms with van der Waals surface area (Å²) >= 11 is 2.48. The number of thiazole rings is 2. The number of benzene rings is 2. The number of aliphatic carboxylic acids is 1. The van der Waals surface area contributed by atoms with E-state index in [1.54, 1.807) is 6.07 Å². The summed E-state index contributed by atoms with van der Waals surface area (Å²) in [7, 11) is 0. The van der Waals surface area contributed by atoms with Crippen molar-refractivity contribution < 1.29 is 39.1 Å². The third-order valence-electron chi connectivity index (χ3n) is 9.05. The molecule has 6 rings (SSSR count). The summed E-state index contributed by atoms with van der Waals surface area (Å²) in [6.45, 7) is 8.07. The van der Waals surface area contributed by atoms with Gasteiger partial charge in [-0.3, -0.25) is 14.5 Å². The number of carboxylic acids is 1. The molecule has 1 atom stereocenters. The number of aliphatic hydroxyl groups excluding tert-OH is 2. The minimum absolute atomic E-state index is 0.0206. The number of aliphatic hydroxyl groups is 2. The highest BCUT2D eigenvalue weighted by atomic mass is 32.1. The first-order chi connectivity index (χ1) is 24.4. The summed E-state index contributed by atoms with van der Waals surface area (Å²) < 4.78 is 21.5. The molecule has 0 unspecified atom stereocenters. The number of carbonyl (C=O) groups excluding carboxylic acids is 1. The lowest BCUT2D eigenvalue weighted by molar-refractivity contribution is -0.140. The molecule has 0 aliphatic carbocycles. The number of phenols is 1. The van der Waals surface area contributed by atoms with E-state index in [2.05, 4.69) is 34.0 Å². The van der Waals surface area contributed by atoms with Crippen LogP contribution in [-0.2, 0) is 22.5 Å². The van der Waals surface area contributed by atoms with Crippen molar-refractivity contribution in [2.24, 2.45) is 0 Å². The summed E-state index contributed by atoms with van der Waals surface area (Å²) in [5.41, 5.74) is 2.69. The molecule has 4 heterocycles. The van der Waals surface area contributed by atoms with Crippen molar-refractivity contribution in [3.8, 4) is 5.75 Å². The van der Waals surface area contributed by atoms with Gasteiger partial charge in [0, 0.05) is 49.6 Å². The number of ether oxygens (including phenoxy) is 1. The number of aromatic hydroxyl groups is 1. The van der Waals surface area contributed by atoms with Gasteiger partial charge in [0.1, 0.15) is 29.4 Å². The van der Waals surface area contributed by atoms with Crippen LogP contribution in [0, 0.1) is 5.82 Å². The van der Waals surface area contributed by atoms with E-state index in [0.717, 1.165) is 47.8 Å². The van der Waals surface area contributed by atoms with E-state index in [-0.39, 0.29) is 34.5 Å². The van der Waals surface area contributed by atoms with Gasteiger partial charge in [0.25, 0.3) is 5.91 Å². The molecule has 0 bridgehead atoms. The summed E-state index contributed by atoms with van der Waals surface area (Å²) in [6, 6.07) is 8.32. The lowest BCUT2D eigenvalue weighted by atomic mass is 9.89. The summed E-state index contributed by atoms with van der Waals surface area (Å²) in [5, 5.41) is 41.8. The Hall–Kier alpha value is -3.77. The largest absolute Gasteiger partial charge is 0.506 e. The highest BCUT2D eigenvalue weighted by molar-refractivity contribution is 7.16. The average molecular weight is 746 g/mol. The van der Waals surface area contributed by atoms with Crippen LogP contribution in [0.15, 0.2) is 40.5 Å². The Morgan fingerprint density at radius 1 is 1.18 bits per heavy atom. The maximum Gasteiger partial charge on any atom is 0.329 e. The van der Waals surface area contributed by atoms with E-state index in [1.165, 1.54) is 23.5 Å². The molecule has 0 radical (unpaired) electrons. The summed E-state index contributed by atoms with van der Waals surface area (Å²) in [4.78, 5) is 45.2. The number of morpholine rings is 1. The van der Waals surface area contributed by atoms with Gasteiger partial charge in [-0.15, -0.1) is 11.3 Å². The van der Waals surface area contributed by atoms with E-state index in [0.29, 0.717) is 72.2 Å². The number of hydrogen-bond donors (Lipinski definition) is 6. The molecule has 6 N–H and O–H groups in total. The second-order valence-corrected chi connectivity index (χ2v) is 15.0. The second kappa shape index (κ2) is 17.2. The van der Waals surface area contributed by atoms with E-state index < -0.39 is 18.7 Å². The van der Waals surface area contributed by atoms with E-state index in [4.69, 9.17) is 19.7 Å². The first-order valence-electron chi connectivity index (χ1n) is 16.8. The van der Waals surface area contributed by atoms with Crippen molar-refractivity contribution in [3.63, 3.8) is 0 Å². The van der Waals surface area contributed by atoms with Crippen molar-refractivity contribution in [2.45, 2.75) is 57.3 Å². The predicted octanol–water partition coefficient (Wildman–Crippen LogP) is 3.45. The van der Waals surface area contributed by atoms with Crippen LogP contribution in [0.1, 0.15) is 70.9 Å². The molecular weight excluding hydrogens is 702 g/mol. The van der Waals surface area contributed by atoms with Crippen LogP contribution in [0.2, 0.25) is 0 Å². The lowest BCUT2D eigenvalue weighted by Gasteiger charge is -2.47. The first-order valence-corrected chi connectivity index (χ1v) is 18.5. The molecule has 2 saturated heterocycles. The quantitative estimate of drug-likeness (QED) is 0.124. The maximum absolute atomic E-state index is 14.7. The Morgan fingerprint density at radius 2 is 1.92 bits per heavy atom. The van der Waals surface area contributed by atoms with Crippen LogP contribution < -0.4 is 10.2 Å². The Kier molecular flexibility index (Phi) is 12.9. The zero-order chi connectivity index (χ0) is 36.7. The summed E-state index contributed by atoms with van der Waals surface area (Å²) in [5.74, 6) is -1.21. The minimum Gasteiger partial charge on any atom is -0.506 e. The number of H-pyrrole nitrogens is 1. The number of nitrogens with one attached hydrogen (secondary N) is 2. The van der Waals surface area contributed by atoms with E-state index >= 15 is 0 Å². The minimum atomic E-state index is -1.19. The monoisotopic (exact) mass is 745 g/mol. The molecule has 4 aromatic rings. The topological polar surface area (TPSA) is 189 Å². The molecule has 0 saturated carbocycles. The fourth-order valence-corrected chi connectivity index (χ4v) is 8.03. The lowest BCUT2D eigenvalue weighted by Crippen LogP contribution is -2.58. The van der Waals surface area contributed by atoms with Gasteiger partial charge >= 0.3 is 10.8 Å². The maximum atomic E-state index is 14.7. The number of halogens is 1. The van der Waals surface area contributed by atoms with Gasteiger partial charge in [-0.25, -0.2) is 14.2 Å². The third kappa shape index (κ3) is 9.77. The van der Waals surface area contributed by atoms with Crippen molar-refractivity contribution >= 4 is 44.8 Å². The highest BCUT2D eigenvalue weighted by Gasteiger charge is 2.41. The van der Waals surface area contributed by atoms with Crippen LogP contribution in [0.4, 0.5) is 4.39 Å². The Labute approximate surface area is 302 Å². The highest BCUT2D eigenvalue weighted by Crippen LogP contribution is 2.33. The molecule has 2 aromatic heterocycles. The van der Waals surface area contributed by atoms with Gasteiger partial charge in [-0.1, -0.05) is 43.4 Å². The van der Waals surface area contributed by atoms with Crippen LogP contribution in [-0.4, -0.2) is 110 Å². The smallest absolute Gasteiger partial charge is 0.329 e. The number of carboxylic acid groups (broad SMARTS) is 1. The number of likely N-dealkylation sites (tertiary alicyclic amines) is 1. The predicted molar refractivity (Wildman–Crippen MR) is 192 cm³/mol. The van der Waals surface area contributed by atoms with Crippen LogP contribution in [0.5, 0.6) is 5.75 Å². The van der Waals surface area contributed by atoms with Crippen molar-refractivity contribution in [3.05, 3.63) is 78.6 Å². The number of piperidine rings is 1. The molecule has 51 heavy (non-hydrogen) atoms. The molecule has 2 aromatic carbocycles. The number of aromatic amines is 1. The molecule has 13 nitrogen and oxygen atoms in total. The van der Waals surface area contributed by atoms with Gasteiger partial charge in [0.15, 0.2) is 0 Å². The fourth-order valence-electron chi connectivity index (χ4n) is 6.30. The van der Waals surface area contributed by atoms with Crippen LogP contribution >= 0.6 is 22.7 Å². The molecule has 1 amide bonds. The summed E-state index contributed by atoms with van der Waals surface area (Å²) in [6.07, 6.45) is 1.20. The number of aromatic nitrogens is 2. The Balaban J connectivity index is 0.000000943. The molecule has 2 aliphatic rings. The number of carbonyl (C=O) groups is 2. The van der Waals surface area contributed by atoms with Gasteiger partial charge in [-0.2, -0.15) is 0 Å². The number of rotatable bonds is 11. The first kappa shape index (κ1) is 38.5. The number of fused-ring (bicyclic) bond motifs is 1. The van der Waals surface area contributed by atoms with Gasteiger partial charge in [-0.05, 0) is 49.1 Å². The van der Waals surface area contributed by atoms with Gasteiger partial charge in [0.2, 0.25) is 0 Å². The van der Waals surface area contributed by atoms with Crippen LogP contribution in [0.3, 0.4) is 0 Å². The van der Waals surface area contributed by atoms with Crippen molar-refractivity contribution in [2.75, 3.05) is 52.5 Å². The van der Waals surface area contributed by atoms with Crippen molar-refractivity contribution in [1.82, 2.24) is 25.1 Å². The Morgan fingerprint density at radius 3 is 2.61 bits per heavy atom. The zero-order valence-electron chi connectivity index (χ0n) is 28.6. The SMILES string of the molecule is CC(C)c1nc(C(=O)N2CCOC3(CCN(Cc4ccc(F)c(CCNC[C@H](O)c5ccc(O)c6[nH]c(=O)sc56)c4)CC3)C2)cs1.O=C(O)CO. The molecule has 2 aliphatic heterocycles. The molecule has 2 fully saturated rings. The molecule has 1 spiro atoms. The third-order valence-corrected chi connectivity index (χ3v) is 11.1. The molecular formula is C35H44FN5O8S2. The van der Waals surface area contributed by atoms with E-state index in [1.807, 2.05) is 22.4 Å². The number of amides is 1. The molecule has 16 heteroatoms. The van der Waals surface area contributed by atoms with Crippen molar-refractivity contribution in [1.29, 1.82) is 0 Å². The van der Waals surface area contributed by atoms with E-state index in [9.17, 15) is 24.2 Å². The van der Waals surface area contributed by atoms with Gasteiger partial charge in [0.05, 0.1) is 34.6 Å². The van der Waals surface area contributed by atoms with Crippen LogP contribution in [0.25, 0.3) is 10.2 Å². The fraction of sp³-hybridized carbons (Fsp3) is 0.486.